The van der Waals surface area contributed by atoms with Crippen molar-refractivity contribution in [1.82, 2.24) is 0 Å². The molecule has 0 amide bonds. The van der Waals surface area contributed by atoms with Crippen molar-refractivity contribution in [1.29, 1.82) is 0 Å². The molecule has 2 N–H and O–H groups in total. The number of carbonyl (C=O) groups is 2. The molecule has 0 atom stereocenters. The molecule has 0 aromatic heterocycles. The van der Waals surface area contributed by atoms with E-state index in [1.807, 2.05) is 13.8 Å². The molecule has 0 aliphatic rings. The molecule has 0 unspecified atom stereocenters. The number of ketones is 2. The quantitative estimate of drug-likeness (QED) is 0.499. The summed E-state index contributed by atoms with van der Waals surface area (Å²) in [5.41, 5.74) is 2.07. The number of phenols is 2. The van der Waals surface area contributed by atoms with Crippen LogP contribution in [0, 0.1) is 0 Å². The van der Waals surface area contributed by atoms with E-state index in [1.165, 1.54) is 24.3 Å². The summed E-state index contributed by atoms with van der Waals surface area (Å²) >= 11 is 0. The number of carbonyl (C=O) groups excluding carboxylic acids is 2. The third-order valence-corrected chi connectivity index (χ3v) is 4.47. The highest BCUT2D eigenvalue weighted by atomic mass is 16.3. The fourth-order valence-electron chi connectivity index (χ4n) is 3.00. The number of phenolic OH excluding ortho intramolecular Hbond substituents is 2. The van der Waals surface area contributed by atoms with Crippen LogP contribution in [0.25, 0.3) is 0 Å². The fraction of sp³-hybridized carbons (Fsp3) is 0.364. The Morgan fingerprint density at radius 1 is 0.731 bits per heavy atom. The molecule has 2 aromatic rings. The van der Waals surface area contributed by atoms with Gasteiger partial charge in [-0.05, 0) is 73.2 Å². The first kappa shape index (κ1) is 19.7. The maximum atomic E-state index is 12.9. The molecule has 4 nitrogen and oxygen atoms in total. The van der Waals surface area contributed by atoms with Gasteiger partial charge in [0.2, 0.25) is 11.6 Å². The van der Waals surface area contributed by atoms with Crippen LogP contribution in [0.1, 0.15) is 71.4 Å². The molecule has 2 aromatic carbocycles. The molecule has 0 radical (unpaired) electrons. The summed E-state index contributed by atoms with van der Waals surface area (Å²) in [6.45, 7) is 4.10. The second-order valence-electron chi connectivity index (χ2n) is 6.55. The lowest BCUT2D eigenvalue weighted by Crippen LogP contribution is -2.18. The zero-order chi connectivity index (χ0) is 19.1. The van der Waals surface area contributed by atoms with E-state index in [-0.39, 0.29) is 11.5 Å². The first-order chi connectivity index (χ1) is 12.5. The van der Waals surface area contributed by atoms with Crippen LogP contribution in [0.5, 0.6) is 11.5 Å². The van der Waals surface area contributed by atoms with E-state index in [0.29, 0.717) is 35.1 Å². The minimum absolute atomic E-state index is 0.0911. The largest absolute Gasteiger partial charge is 0.508 e. The third kappa shape index (κ3) is 4.72. The van der Waals surface area contributed by atoms with E-state index < -0.39 is 11.6 Å². The van der Waals surface area contributed by atoms with Crippen LogP contribution in [0.15, 0.2) is 36.4 Å². The van der Waals surface area contributed by atoms with E-state index in [0.717, 1.165) is 25.7 Å². The molecule has 2 rings (SSSR count). The lowest BCUT2D eigenvalue weighted by molar-refractivity contribution is 0.0815. The number of benzene rings is 2. The van der Waals surface area contributed by atoms with Gasteiger partial charge in [-0.2, -0.15) is 0 Å². The summed E-state index contributed by atoms with van der Waals surface area (Å²) in [6.07, 6.45) is 4.93. The maximum Gasteiger partial charge on any atom is 0.233 e. The van der Waals surface area contributed by atoms with E-state index in [1.54, 1.807) is 12.1 Å². The monoisotopic (exact) mass is 354 g/mol. The topological polar surface area (TPSA) is 74.6 Å². The summed E-state index contributed by atoms with van der Waals surface area (Å²) in [5.74, 6) is -0.958. The third-order valence-electron chi connectivity index (χ3n) is 4.47. The van der Waals surface area contributed by atoms with Crippen molar-refractivity contribution in [2.75, 3.05) is 0 Å². The Morgan fingerprint density at radius 2 is 1.12 bits per heavy atom. The number of Topliss-reactive ketones (excluding diaryl/α,β-unsaturated/α-hetero) is 2. The smallest absolute Gasteiger partial charge is 0.233 e. The molecule has 0 heterocycles. The number of hydrogen-bond donors (Lipinski definition) is 2. The molecule has 0 aliphatic heterocycles. The molecular formula is C22H26O4. The number of unbranched alkanes of at least 4 members (excludes halogenated alkanes) is 2. The molecule has 26 heavy (non-hydrogen) atoms. The molecule has 0 aliphatic carbocycles. The Labute approximate surface area is 154 Å². The summed E-state index contributed by atoms with van der Waals surface area (Å²) in [6, 6.07) is 9.03. The van der Waals surface area contributed by atoms with Crippen molar-refractivity contribution in [3.63, 3.8) is 0 Å². The molecule has 0 bridgehead atoms. The van der Waals surface area contributed by atoms with Gasteiger partial charge in [0.1, 0.15) is 11.5 Å². The van der Waals surface area contributed by atoms with Crippen molar-refractivity contribution in [2.24, 2.45) is 0 Å². The Balaban J connectivity index is 2.37. The van der Waals surface area contributed by atoms with Crippen LogP contribution in [0.4, 0.5) is 0 Å². The van der Waals surface area contributed by atoms with Crippen molar-refractivity contribution in [3.05, 3.63) is 58.7 Å². The molecule has 0 fully saturated rings. The highest BCUT2D eigenvalue weighted by Gasteiger charge is 2.23. The Morgan fingerprint density at radius 3 is 1.46 bits per heavy atom. The van der Waals surface area contributed by atoms with Crippen LogP contribution in [0.2, 0.25) is 0 Å². The van der Waals surface area contributed by atoms with Gasteiger partial charge in [0.15, 0.2) is 0 Å². The zero-order valence-electron chi connectivity index (χ0n) is 15.4. The summed E-state index contributed by atoms with van der Waals surface area (Å²) in [5, 5.41) is 19.4. The first-order valence-corrected chi connectivity index (χ1v) is 9.20. The average Bonchev–Trinajstić information content (AvgIpc) is 2.63. The van der Waals surface area contributed by atoms with E-state index in [2.05, 4.69) is 0 Å². The van der Waals surface area contributed by atoms with E-state index in [9.17, 15) is 19.8 Å². The van der Waals surface area contributed by atoms with Gasteiger partial charge in [-0.15, -0.1) is 0 Å². The Hall–Kier alpha value is -2.62. The average molecular weight is 354 g/mol. The predicted molar refractivity (Wildman–Crippen MR) is 102 cm³/mol. The zero-order valence-corrected chi connectivity index (χ0v) is 15.4. The SMILES string of the molecule is CCCCc1cc(O)ccc1C(=O)C(=O)c1ccc(O)cc1CCCC. The van der Waals surface area contributed by atoms with Crippen LogP contribution < -0.4 is 0 Å². The number of hydrogen-bond acceptors (Lipinski definition) is 4. The lowest BCUT2D eigenvalue weighted by atomic mass is 9.91. The van der Waals surface area contributed by atoms with Crippen molar-refractivity contribution in [2.45, 2.75) is 52.4 Å². The lowest BCUT2D eigenvalue weighted by Gasteiger charge is -2.11. The molecule has 0 saturated heterocycles. The van der Waals surface area contributed by atoms with Crippen LogP contribution in [0.3, 0.4) is 0 Å². The van der Waals surface area contributed by atoms with Crippen LogP contribution in [-0.4, -0.2) is 21.8 Å². The Bertz CT molecular complexity index is 725. The summed E-state index contributed by atoms with van der Waals surface area (Å²) < 4.78 is 0. The second kappa shape index (κ2) is 9.18. The molecule has 4 heteroatoms. The van der Waals surface area contributed by atoms with Gasteiger partial charge < -0.3 is 10.2 Å². The summed E-state index contributed by atoms with van der Waals surface area (Å²) in [7, 11) is 0. The van der Waals surface area contributed by atoms with Gasteiger partial charge in [0, 0.05) is 11.1 Å². The highest BCUT2D eigenvalue weighted by Crippen LogP contribution is 2.24. The Kier molecular flexibility index (Phi) is 6.96. The minimum Gasteiger partial charge on any atom is -0.508 e. The van der Waals surface area contributed by atoms with Gasteiger partial charge in [0.05, 0.1) is 0 Å². The second-order valence-corrected chi connectivity index (χ2v) is 6.55. The highest BCUT2D eigenvalue weighted by molar-refractivity contribution is 6.49. The standard InChI is InChI=1S/C22H26O4/c1-3-5-7-15-13-17(23)9-11-19(15)21(25)22(26)20-12-10-18(24)14-16(20)8-6-4-2/h9-14,23-24H,3-8H2,1-2H3. The maximum absolute atomic E-state index is 12.9. The molecule has 0 spiro atoms. The summed E-state index contributed by atoms with van der Waals surface area (Å²) in [4.78, 5) is 25.7. The predicted octanol–water partition coefficient (Wildman–Crippen LogP) is 4.85. The molecule has 138 valence electrons. The van der Waals surface area contributed by atoms with Crippen molar-refractivity contribution in [3.8, 4) is 11.5 Å². The van der Waals surface area contributed by atoms with Crippen molar-refractivity contribution < 1.29 is 19.8 Å². The van der Waals surface area contributed by atoms with Crippen LogP contribution in [-0.2, 0) is 12.8 Å². The normalized spacial score (nSPS) is 10.7. The number of aromatic hydroxyl groups is 2. The molecule has 0 saturated carbocycles. The minimum atomic E-state index is -0.570. The molecular weight excluding hydrogens is 328 g/mol. The van der Waals surface area contributed by atoms with E-state index >= 15 is 0 Å². The fourth-order valence-corrected chi connectivity index (χ4v) is 3.00. The van der Waals surface area contributed by atoms with Gasteiger partial charge in [-0.3, -0.25) is 9.59 Å². The van der Waals surface area contributed by atoms with E-state index in [4.69, 9.17) is 0 Å². The van der Waals surface area contributed by atoms with Crippen molar-refractivity contribution >= 4 is 11.6 Å². The number of aryl methyl sites for hydroxylation is 2. The first-order valence-electron chi connectivity index (χ1n) is 9.20. The number of rotatable bonds is 9. The van der Waals surface area contributed by atoms with Gasteiger partial charge >= 0.3 is 0 Å². The van der Waals surface area contributed by atoms with Crippen LogP contribution >= 0.6 is 0 Å². The van der Waals surface area contributed by atoms with Gasteiger partial charge in [0.25, 0.3) is 0 Å². The van der Waals surface area contributed by atoms with Gasteiger partial charge in [-0.25, -0.2) is 0 Å². The van der Waals surface area contributed by atoms with Gasteiger partial charge in [-0.1, -0.05) is 26.7 Å².